The van der Waals surface area contributed by atoms with Gasteiger partial charge >= 0.3 is 0 Å². The average Bonchev–Trinajstić information content (AvgIpc) is 3.11. The summed E-state index contributed by atoms with van der Waals surface area (Å²) in [4.78, 5) is 21.5. The van der Waals surface area contributed by atoms with Crippen LogP contribution in [0.3, 0.4) is 0 Å². The molecule has 31 heavy (non-hydrogen) atoms. The van der Waals surface area contributed by atoms with Crippen LogP contribution in [-0.2, 0) is 17.8 Å². The summed E-state index contributed by atoms with van der Waals surface area (Å²) in [5.41, 5.74) is 4.96. The molecule has 1 atom stereocenters. The molecule has 6 heteroatoms. The molecule has 0 fully saturated rings. The molecule has 158 valence electrons. The van der Waals surface area contributed by atoms with Gasteiger partial charge < -0.3 is 9.88 Å². The summed E-state index contributed by atoms with van der Waals surface area (Å²) >= 11 is 0. The zero-order valence-corrected chi connectivity index (χ0v) is 17.7. The molecule has 5 nitrogen and oxygen atoms in total. The summed E-state index contributed by atoms with van der Waals surface area (Å²) < 4.78 is 15.3. The van der Waals surface area contributed by atoms with Crippen molar-refractivity contribution in [2.75, 3.05) is 0 Å². The number of aryl methyl sites for hydroxylation is 2. The Morgan fingerprint density at radius 2 is 1.84 bits per heavy atom. The third kappa shape index (κ3) is 4.97. The van der Waals surface area contributed by atoms with Gasteiger partial charge in [0.1, 0.15) is 11.6 Å². The monoisotopic (exact) mass is 416 g/mol. The van der Waals surface area contributed by atoms with Crippen LogP contribution in [0.15, 0.2) is 67.0 Å². The highest BCUT2D eigenvalue weighted by molar-refractivity contribution is 5.77. The Kier molecular flexibility index (Phi) is 6.07. The Morgan fingerprint density at radius 1 is 1.10 bits per heavy atom. The minimum Gasteiger partial charge on any atom is -0.350 e. The van der Waals surface area contributed by atoms with E-state index >= 15 is 0 Å². The first-order valence-corrected chi connectivity index (χ1v) is 10.4. The summed E-state index contributed by atoms with van der Waals surface area (Å²) in [6.07, 6.45) is 4.31. The fourth-order valence-electron chi connectivity index (χ4n) is 3.64. The van der Waals surface area contributed by atoms with Crippen molar-refractivity contribution < 1.29 is 9.18 Å². The van der Waals surface area contributed by atoms with Crippen LogP contribution in [-0.4, -0.2) is 20.4 Å². The van der Waals surface area contributed by atoms with E-state index in [0.29, 0.717) is 19.4 Å². The molecule has 0 aliphatic rings. The van der Waals surface area contributed by atoms with Gasteiger partial charge in [-0.15, -0.1) is 0 Å². The van der Waals surface area contributed by atoms with Gasteiger partial charge in [-0.05, 0) is 43.2 Å². The van der Waals surface area contributed by atoms with Crippen molar-refractivity contribution >= 4 is 16.9 Å². The molecule has 1 amide bonds. The van der Waals surface area contributed by atoms with Crippen LogP contribution in [0.1, 0.15) is 41.9 Å². The number of amides is 1. The average molecular weight is 417 g/mol. The number of hydrogen-bond donors (Lipinski definition) is 1. The van der Waals surface area contributed by atoms with E-state index < -0.39 is 0 Å². The number of pyridine rings is 1. The molecular weight excluding hydrogens is 391 g/mol. The lowest BCUT2D eigenvalue weighted by molar-refractivity contribution is -0.121. The van der Waals surface area contributed by atoms with Gasteiger partial charge in [-0.2, -0.15) is 0 Å². The van der Waals surface area contributed by atoms with E-state index in [1.165, 1.54) is 17.7 Å². The second kappa shape index (κ2) is 9.08. The van der Waals surface area contributed by atoms with Gasteiger partial charge in [-0.1, -0.05) is 42.0 Å². The first-order chi connectivity index (χ1) is 15.0. The SMILES string of the molecule is Cc1ccc(C(C)NC(=O)CCc2nc3ccncc3n2Cc2ccc(F)cc2)cc1. The van der Waals surface area contributed by atoms with Crippen molar-refractivity contribution in [3.63, 3.8) is 0 Å². The number of carbonyl (C=O) groups is 1. The van der Waals surface area contributed by atoms with E-state index in [9.17, 15) is 9.18 Å². The molecule has 0 saturated heterocycles. The summed E-state index contributed by atoms with van der Waals surface area (Å²) in [5, 5.41) is 3.07. The van der Waals surface area contributed by atoms with Crippen LogP contribution in [0.2, 0.25) is 0 Å². The van der Waals surface area contributed by atoms with Gasteiger partial charge in [-0.3, -0.25) is 9.78 Å². The Bertz CT molecular complexity index is 1180. The van der Waals surface area contributed by atoms with E-state index in [0.717, 1.165) is 28.0 Å². The standard InChI is InChI=1S/C25H25FN4O/c1-17-3-7-20(8-4-17)18(2)28-25(31)12-11-24-29-22-13-14-27-15-23(22)30(24)16-19-5-9-21(26)10-6-19/h3-10,13-15,18H,11-12,16H2,1-2H3,(H,28,31). The van der Waals surface area contributed by atoms with Crippen LogP contribution in [0, 0.1) is 12.7 Å². The number of halogens is 1. The van der Waals surface area contributed by atoms with Gasteiger partial charge in [-0.25, -0.2) is 9.37 Å². The van der Waals surface area contributed by atoms with Gasteiger partial charge in [0.15, 0.2) is 0 Å². The molecule has 0 spiro atoms. The number of hydrogen-bond acceptors (Lipinski definition) is 3. The predicted molar refractivity (Wildman–Crippen MR) is 119 cm³/mol. The minimum atomic E-state index is -0.263. The zero-order valence-electron chi connectivity index (χ0n) is 17.7. The second-order valence-corrected chi connectivity index (χ2v) is 7.80. The number of fused-ring (bicyclic) bond motifs is 1. The maximum atomic E-state index is 13.3. The topological polar surface area (TPSA) is 59.8 Å². The van der Waals surface area contributed by atoms with Crippen molar-refractivity contribution in [2.45, 2.75) is 39.3 Å². The Hall–Kier alpha value is -3.54. The van der Waals surface area contributed by atoms with E-state index in [4.69, 9.17) is 4.98 Å². The van der Waals surface area contributed by atoms with E-state index in [1.54, 1.807) is 24.5 Å². The third-order valence-corrected chi connectivity index (χ3v) is 5.41. The number of carbonyl (C=O) groups excluding carboxylic acids is 1. The summed E-state index contributed by atoms with van der Waals surface area (Å²) in [7, 11) is 0. The maximum Gasteiger partial charge on any atom is 0.220 e. The molecule has 2 aromatic heterocycles. The molecule has 4 rings (SSSR count). The summed E-state index contributed by atoms with van der Waals surface area (Å²) in [5.74, 6) is 0.526. The maximum absolute atomic E-state index is 13.3. The molecule has 0 radical (unpaired) electrons. The largest absolute Gasteiger partial charge is 0.350 e. The lowest BCUT2D eigenvalue weighted by Crippen LogP contribution is -2.27. The molecule has 1 unspecified atom stereocenters. The molecule has 2 heterocycles. The van der Waals surface area contributed by atoms with Crippen LogP contribution in [0.25, 0.3) is 11.0 Å². The minimum absolute atomic E-state index is 0.0217. The number of nitrogens with zero attached hydrogens (tertiary/aromatic N) is 3. The van der Waals surface area contributed by atoms with Crippen molar-refractivity contribution in [1.82, 2.24) is 19.9 Å². The number of benzene rings is 2. The number of aromatic nitrogens is 3. The summed E-state index contributed by atoms with van der Waals surface area (Å²) in [6.45, 7) is 4.57. The van der Waals surface area contributed by atoms with Crippen LogP contribution >= 0.6 is 0 Å². The smallest absolute Gasteiger partial charge is 0.220 e. The van der Waals surface area contributed by atoms with Gasteiger partial charge in [0.2, 0.25) is 5.91 Å². The van der Waals surface area contributed by atoms with E-state index in [-0.39, 0.29) is 17.8 Å². The lowest BCUT2D eigenvalue weighted by atomic mass is 10.1. The van der Waals surface area contributed by atoms with E-state index in [1.807, 2.05) is 48.7 Å². The molecule has 0 saturated carbocycles. The number of rotatable bonds is 7. The first kappa shape index (κ1) is 20.7. The molecule has 0 bridgehead atoms. The first-order valence-electron chi connectivity index (χ1n) is 10.4. The van der Waals surface area contributed by atoms with Crippen LogP contribution in [0.4, 0.5) is 4.39 Å². The van der Waals surface area contributed by atoms with Crippen molar-refractivity contribution in [3.8, 4) is 0 Å². The normalized spacial score (nSPS) is 12.1. The fraction of sp³-hybridized carbons (Fsp3) is 0.240. The van der Waals surface area contributed by atoms with Gasteiger partial charge in [0.25, 0.3) is 0 Å². The Labute approximate surface area is 181 Å². The molecule has 1 N–H and O–H groups in total. The van der Waals surface area contributed by atoms with Crippen molar-refractivity contribution in [1.29, 1.82) is 0 Å². The Morgan fingerprint density at radius 3 is 2.58 bits per heavy atom. The third-order valence-electron chi connectivity index (χ3n) is 5.41. The highest BCUT2D eigenvalue weighted by atomic mass is 19.1. The van der Waals surface area contributed by atoms with Gasteiger partial charge in [0, 0.05) is 25.6 Å². The molecule has 4 aromatic rings. The Balaban J connectivity index is 1.48. The van der Waals surface area contributed by atoms with Crippen LogP contribution in [0.5, 0.6) is 0 Å². The molecule has 2 aromatic carbocycles. The predicted octanol–water partition coefficient (Wildman–Crippen LogP) is 4.74. The zero-order chi connectivity index (χ0) is 21.8. The van der Waals surface area contributed by atoms with E-state index in [2.05, 4.69) is 10.3 Å². The molecular formula is C25H25FN4O. The fourth-order valence-corrected chi connectivity index (χ4v) is 3.64. The highest BCUT2D eigenvalue weighted by Crippen LogP contribution is 2.19. The summed E-state index contributed by atoms with van der Waals surface area (Å²) in [6, 6.07) is 16.4. The molecule has 0 aliphatic heterocycles. The lowest BCUT2D eigenvalue weighted by Gasteiger charge is -2.15. The quantitative estimate of drug-likeness (QED) is 0.474. The number of nitrogens with one attached hydrogen (secondary N) is 1. The second-order valence-electron chi connectivity index (χ2n) is 7.80. The van der Waals surface area contributed by atoms with Crippen molar-refractivity contribution in [3.05, 3.63) is 95.3 Å². The highest BCUT2D eigenvalue weighted by Gasteiger charge is 2.15. The number of imidazole rings is 1. The molecule has 0 aliphatic carbocycles. The van der Waals surface area contributed by atoms with Gasteiger partial charge in [0.05, 0.1) is 23.3 Å². The van der Waals surface area contributed by atoms with Crippen LogP contribution < -0.4 is 5.32 Å². The van der Waals surface area contributed by atoms with Crippen molar-refractivity contribution in [2.24, 2.45) is 0 Å².